The van der Waals surface area contributed by atoms with E-state index in [0.29, 0.717) is 22.7 Å². The van der Waals surface area contributed by atoms with Crippen LogP contribution in [0.4, 0.5) is 5.69 Å². The Morgan fingerprint density at radius 3 is 2.48 bits per heavy atom. The second-order valence-electron chi connectivity index (χ2n) is 13.5. The van der Waals surface area contributed by atoms with E-state index in [9.17, 15) is 19.2 Å². The minimum atomic E-state index is -0.957. The largest absolute Gasteiger partial charge is 0.385 e. The third kappa shape index (κ3) is 5.63. The number of aromatic nitrogens is 4. The van der Waals surface area contributed by atoms with Gasteiger partial charge in [-0.2, -0.15) is 5.10 Å². The summed E-state index contributed by atoms with van der Waals surface area (Å²) >= 11 is 0. The first-order chi connectivity index (χ1) is 23.4. The first-order valence-corrected chi connectivity index (χ1v) is 17.0. The highest BCUT2D eigenvalue weighted by Gasteiger charge is 2.48. The molecule has 3 fully saturated rings. The molecule has 246 valence electrons. The number of para-hydroxylation sites is 2. The molecule has 1 atom stereocenters. The van der Waals surface area contributed by atoms with E-state index in [2.05, 4.69) is 31.4 Å². The van der Waals surface area contributed by atoms with Crippen LogP contribution in [0.5, 0.6) is 0 Å². The number of imide groups is 2. The van der Waals surface area contributed by atoms with Crippen LogP contribution < -0.4 is 10.6 Å². The van der Waals surface area contributed by atoms with Crippen molar-refractivity contribution in [3.8, 4) is 11.3 Å². The van der Waals surface area contributed by atoms with Gasteiger partial charge in [0, 0.05) is 49.0 Å². The highest BCUT2D eigenvalue weighted by molar-refractivity contribution is 6.23. The number of amides is 4. The summed E-state index contributed by atoms with van der Waals surface area (Å²) in [5.74, 6) is -1.96. The monoisotopic (exact) mass is 646 g/mol. The van der Waals surface area contributed by atoms with E-state index in [1.165, 1.54) is 19.3 Å². The third-order valence-corrected chi connectivity index (χ3v) is 10.5. The fourth-order valence-electron chi connectivity index (χ4n) is 7.63. The molecule has 0 spiro atoms. The Kier molecular flexibility index (Phi) is 7.74. The average Bonchev–Trinajstić information content (AvgIpc) is 3.65. The van der Waals surface area contributed by atoms with E-state index >= 15 is 0 Å². The molecule has 0 bridgehead atoms. The lowest BCUT2D eigenvalue weighted by Crippen LogP contribution is -2.54. The molecule has 2 saturated heterocycles. The summed E-state index contributed by atoms with van der Waals surface area (Å²) in [7, 11) is 0. The van der Waals surface area contributed by atoms with Crippen molar-refractivity contribution in [2.24, 2.45) is 0 Å². The van der Waals surface area contributed by atoms with Crippen molar-refractivity contribution in [1.82, 2.24) is 34.9 Å². The summed E-state index contributed by atoms with van der Waals surface area (Å²) in [6, 6.07) is 12.5. The Hall–Kier alpha value is -4.97. The molecule has 1 unspecified atom stereocenters. The van der Waals surface area contributed by atoms with Gasteiger partial charge in [-0.15, -0.1) is 0 Å². The number of hydrogen-bond acceptors (Lipinski definition) is 9. The number of anilines is 1. The van der Waals surface area contributed by atoms with E-state index in [1.54, 1.807) is 12.1 Å². The maximum absolute atomic E-state index is 13.1. The minimum absolute atomic E-state index is 0.103. The van der Waals surface area contributed by atoms with Crippen LogP contribution in [0.15, 0.2) is 61.1 Å². The second kappa shape index (κ2) is 12.2. The minimum Gasteiger partial charge on any atom is -0.385 e. The van der Waals surface area contributed by atoms with Crippen LogP contribution in [0.2, 0.25) is 0 Å². The quantitative estimate of drug-likeness (QED) is 0.190. The van der Waals surface area contributed by atoms with Crippen LogP contribution in [-0.4, -0.2) is 84.4 Å². The average molecular weight is 647 g/mol. The van der Waals surface area contributed by atoms with Crippen molar-refractivity contribution >= 4 is 40.3 Å². The van der Waals surface area contributed by atoms with Gasteiger partial charge < -0.3 is 5.32 Å². The zero-order chi connectivity index (χ0) is 32.8. The van der Waals surface area contributed by atoms with Crippen LogP contribution in [0.3, 0.4) is 0 Å². The van der Waals surface area contributed by atoms with E-state index < -0.39 is 23.8 Å². The van der Waals surface area contributed by atoms with Crippen molar-refractivity contribution in [3.63, 3.8) is 0 Å². The zero-order valence-corrected chi connectivity index (χ0v) is 26.7. The van der Waals surface area contributed by atoms with Crippen LogP contribution in [0, 0.1) is 0 Å². The smallest absolute Gasteiger partial charge is 0.262 e. The van der Waals surface area contributed by atoms with Gasteiger partial charge in [0.15, 0.2) is 0 Å². The summed E-state index contributed by atoms with van der Waals surface area (Å²) < 4.78 is 2.11. The zero-order valence-electron chi connectivity index (χ0n) is 26.7. The first kappa shape index (κ1) is 30.4. The number of piperidine rings is 2. The van der Waals surface area contributed by atoms with Gasteiger partial charge in [0.1, 0.15) is 6.04 Å². The van der Waals surface area contributed by atoms with Crippen molar-refractivity contribution in [1.29, 1.82) is 0 Å². The van der Waals surface area contributed by atoms with Gasteiger partial charge >= 0.3 is 0 Å². The number of nitrogens with zero attached hydrogens (tertiary/aromatic N) is 6. The Morgan fingerprint density at radius 2 is 1.69 bits per heavy atom. The number of nitrogens with one attached hydrogen (secondary N) is 2. The van der Waals surface area contributed by atoms with Gasteiger partial charge in [-0.25, -0.2) is 4.98 Å². The number of likely N-dealkylation sites (tertiary alicyclic amines) is 1. The molecule has 3 aliphatic heterocycles. The molecule has 8 rings (SSSR count). The van der Waals surface area contributed by atoms with Crippen molar-refractivity contribution in [2.45, 2.75) is 75.4 Å². The number of rotatable bonds is 10. The van der Waals surface area contributed by atoms with Crippen LogP contribution in [0.1, 0.15) is 84.5 Å². The van der Waals surface area contributed by atoms with Gasteiger partial charge in [-0.05, 0) is 81.7 Å². The molecule has 4 amide bonds. The summed E-state index contributed by atoms with van der Waals surface area (Å²) in [5.41, 5.74) is 5.31. The number of benzene rings is 2. The van der Waals surface area contributed by atoms with Gasteiger partial charge in [0.25, 0.3) is 11.8 Å². The van der Waals surface area contributed by atoms with Crippen LogP contribution in [-0.2, 0) is 9.59 Å². The predicted molar refractivity (Wildman–Crippen MR) is 178 cm³/mol. The number of carbonyl (C=O) groups excluding carboxylic acids is 4. The standard InChI is InChI=1S/C36H38N8O4/c45-32-10-9-31(33(46)41-32)44-34(47)26-8-7-24(19-27(26)35(44)48)37-16-4-3-13-36(14-15-36)42-17-11-25(12-18-42)43-22-23(20-39-43)30-21-38-28-5-1-2-6-29(28)40-30/h1-2,5-8,19-22,25,31,37H,3-4,9-18H2,(H,41,45,46). The fraction of sp³-hybridized carbons (Fsp3) is 0.417. The molecule has 1 aliphatic carbocycles. The Bertz CT molecular complexity index is 1930. The summed E-state index contributed by atoms with van der Waals surface area (Å²) in [6.45, 7) is 2.91. The molecular formula is C36H38N8O4. The number of unbranched alkanes of at least 4 members (excludes halogenated alkanes) is 1. The van der Waals surface area contributed by atoms with Gasteiger partial charge in [-0.3, -0.25) is 44.0 Å². The third-order valence-electron chi connectivity index (χ3n) is 10.5. The van der Waals surface area contributed by atoms with Gasteiger partial charge in [-0.1, -0.05) is 12.1 Å². The lowest BCUT2D eigenvalue weighted by atomic mass is 9.99. The predicted octanol–water partition coefficient (Wildman–Crippen LogP) is 4.35. The lowest BCUT2D eigenvalue weighted by molar-refractivity contribution is -0.136. The Labute approximate surface area is 277 Å². The molecule has 12 nitrogen and oxygen atoms in total. The second-order valence-corrected chi connectivity index (χ2v) is 13.5. The number of fused-ring (bicyclic) bond motifs is 2. The topological polar surface area (TPSA) is 142 Å². The molecule has 48 heavy (non-hydrogen) atoms. The molecule has 2 N–H and O–H groups in total. The van der Waals surface area contributed by atoms with E-state index in [0.717, 1.165) is 78.2 Å². The highest BCUT2D eigenvalue weighted by atomic mass is 16.2. The SMILES string of the molecule is O=C1CCC(N2C(=O)c3ccc(NCCCCC4(N5CCC(n6cc(-c7cnc8ccccc8n7)cn6)CC5)CC4)cc3C2=O)C(=O)N1. The lowest BCUT2D eigenvalue weighted by Gasteiger charge is -2.38. The maximum Gasteiger partial charge on any atom is 0.262 e. The first-order valence-electron chi connectivity index (χ1n) is 17.0. The van der Waals surface area contributed by atoms with Gasteiger partial charge in [0.05, 0.1) is 46.3 Å². The summed E-state index contributed by atoms with van der Waals surface area (Å²) in [4.78, 5) is 63.0. The fourth-order valence-corrected chi connectivity index (χ4v) is 7.63. The van der Waals surface area contributed by atoms with Crippen molar-refractivity contribution < 1.29 is 19.2 Å². The molecule has 12 heteroatoms. The molecule has 2 aromatic heterocycles. The van der Waals surface area contributed by atoms with Gasteiger partial charge in [0.2, 0.25) is 11.8 Å². The molecule has 4 aromatic rings. The highest BCUT2D eigenvalue weighted by Crippen LogP contribution is 2.47. The molecule has 4 aliphatic rings. The van der Waals surface area contributed by atoms with E-state index in [4.69, 9.17) is 10.1 Å². The van der Waals surface area contributed by atoms with Crippen LogP contribution in [0.25, 0.3) is 22.3 Å². The molecule has 1 saturated carbocycles. The van der Waals surface area contributed by atoms with Crippen LogP contribution >= 0.6 is 0 Å². The number of hydrogen-bond donors (Lipinski definition) is 2. The molecular weight excluding hydrogens is 608 g/mol. The van der Waals surface area contributed by atoms with Crippen molar-refractivity contribution in [3.05, 3.63) is 72.2 Å². The Morgan fingerprint density at radius 1 is 0.896 bits per heavy atom. The summed E-state index contributed by atoms with van der Waals surface area (Å²) in [5, 5.41) is 10.4. The molecule has 0 radical (unpaired) electrons. The van der Waals surface area contributed by atoms with Crippen molar-refractivity contribution in [2.75, 3.05) is 25.0 Å². The molecule has 5 heterocycles. The Balaban J connectivity index is 0.800. The summed E-state index contributed by atoms with van der Waals surface area (Å²) in [6.07, 6.45) is 14.0. The van der Waals surface area contributed by atoms with E-state index in [-0.39, 0.29) is 18.7 Å². The normalized spacial score (nSPS) is 21.1. The molecule has 2 aromatic carbocycles. The maximum atomic E-state index is 13.1. The van der Waals surface area contributed by atoms with E-state index in [1.807, 2.05) is 42.7 Å². The number of carbonyl (C=O) groups is 4.